The van der Waals surface area contributed by atoms with Crippen molar-refractivity contribution >= 4 is 11.6 Å². The van der Waals surface area contributed by atoms with E-state index in [9.17, 15) is 9.18 Å². The van der Waals surface area contributed by atoms with Crippen molar-refractivity contribution in [2.75, 3.05) is 18.4 Å². The number of aromatic nitrogens is 4. The molecule has 2 heterocycles. The number of hydrogen-bond acceptors (Lipinski definition) is 5. The van der Waals surface area contributed by atoms with Crippen LogP contribution < -0.4 is 10.6 Å². The summed E-state index contributed by atoms with van der Waals surface area (Å²) in [7, 11) is 0. The lowest BCUT2D eigenvalue weighted by Gasteiger charge is -2.37. The molecule has 0 radical (unpaired) electrons. The van der Waals surface area contributed by atoms with Crippen LogP contribution in [0.15, 0.2) is 18.2 Å². The maximum Gasteiger partial charge on any atom is 0.232 e. The number of halogens is 1. The molecule has 1 aromatic carbocycles. The SMILES string of the molecule is O=C(Nc1ccc(F)c(-n2nnnc2C2CC2)c1)[C@@]12CCCC[C@H]1CNC2. The number of benzene rings is 1. The zero-order chi connectivity index (χ0) is 18.4. The Morgan fingerprint density at radius 1 is 1.30 bits per heavy atom. The summed E-state index contributed by atoms with van der Waals surface area (Å²) in [6.07, 6.45) is 6.31. The molecule has 0 unspecified atom stereocenters. The first-order valence-corrected chi connectivity index (χ1v) is 9.78. The predicted octanol–water partition coefficient (Wildman–Crippen LogP) is 2.40. The van der Waals surface area contributed by atoms with E-state index in [4.69, 9.17) is 0 Å². The molecule has 3 aliphatic rings. The molecule has 1 saturated heterocycles. The van der Waals surface area contributed by atoms with E-state index in [0.717, 1.165) is 45.2 Å². The fourth-order valence-corrected chi connectivity index (χ4v) is 4.66. The van der Waals surface area contributed by atoms with Crippen LogP contribution in [-0.2, 0) is 4.79 Å². The van der Waals surface area contributed by atoms with Gasteiger partial charge in [-0.05, 0) is 66.8 Å². The molecule has 1 aromatic heterocycles. The Bertz CT molecular complexity index is 879. The molecule has 2 N–H and O–H groups in total. The number of tetrazole rings is 1. The normalized spacial score (nSPS) is 27.4. The molecular formula is C19H23FN6O. The number of fused-ring (bicyclic) bond motifs is 1. The maximum absolute atomic E-state index is 14.5. The number of hydrogen-bond donors (Lipinski definition) is 2. The molecule has 27 heavy (non-hydrogen) atoms. The Morgan fingerprint density at radius 2 is 2.19 bits per heavy atom. The van der Waals surface area contributed by atoms with Crippen LogP contribution in [-0.4, -0.2) is 39.2 Å². The van der Waals surface area contributed by atoms with Gasteiger partial charge in [-0.15, -0.1) is 5.10 Å². The van der Waals surface area contributed by atoms with Gasteiger partial charge in [0.1, 0.15) is 11.5 Å². The molecule has 0 bridgehead atoms. The summed E-state index contributed by atoms with van der Waals surface area (Å²) in [5.41, 5.74) is 0.516. The van der Waals surface area contributed by atoms with Crippen molar-refractivity contribution in [3.8, 4) is 5.69 Å². The monoisotopic (exact) mass is 370 g/mol. The summed E-state index contributed by atoms with van der Waals surface area (Å²) in [6, 6.07) is 4.60. The van der Waals surface area contributed by atoms with Gasteiger partial charge in [0.15, 0.2) is 5.82 Å². The van der Waals surface area contributed by atoms with Crippen LogP contribution in [0.2, 0.25) is 0 Å². The highest BCUT2D eigenvalue weighted by atomic mass is 19.1. The summed E-state index contributed by atoms with van der Waals surface area (Å²) in [5, 5.41) is 18.1. The van der Waals surface area contributed by atoms with Gasteiger partial charge in [0, 0.05) is 18.2 Å². The van der Waals surface area contributed by atoms with E-state index in [-0.39, 0.29) is 17.0 Å². The lowest BCUT2D eigenvalue weighted by molar-refractivity contribution is -0.128. The quantitative estimate of drug-likeness (QED) is 0.863. The Labute approximate surface area is 156 Å². The molecule has 7 nitrogen and oxygen atoms in total. The van der Waals surface area contributed by atoms with Crippen molar-refractivity contribution < 1.29 is 9.18 Å². The molecule has 2 saturated carbocycles. The average molecular weight is 370 g/mol. The van der Waals surface area contributed by atoms with Crippen LogP contribution in [0.5, 0.6) is 0 Å². The van der Waals surface area contributed by atoms with E-state index in [2.05, 4.69) is 26.2 Å². The average Bonchev–Trinajstić information content (AvgIpc) is 3.24. The van der Waals surface area contributed by atoms with Crippen LogP contribution >= 0.6 is 0 Å². The Hall–Kier alpha value is -2.35. The third-order valence-electron chi connectivity index (χ3n) is 6.36. The van der Waals surface area contributed by atoms with E-state index >= 15 is 0 Å². The van der Waals surface area contributed by atoms with Gasteiger partial charge < -0.3 is 10.6 Å². The number of nitrogens with zero attached hydrogens (tertiary/aromatic N) is 4. The standard InChI is InChI=1S/C19H23FN6O/c20-15-7-6-14(9-16(15)26-17(12-4-5-12)23-24-25-26)22-18(27)19-8-2-1-3-13(19)10-21-11-19/h6-7,9,12-13,21H,1-5,8,10-11H2,(H,22,27)/t13-,19+/m0/s1. The first-order valence-electron chi connectivity index (χ1n) is 9.78. The van der Waals surface area contributed by atoms with E-state index in [1.807, 2.05) is 0 Å². The molecule has 2 atom stereocenters. The highest BCUT2D eigenvalue weighted by Gasteiger charge is 2.49. The van der Waals surface area contributed by atoms with E-state index in [0.29, 0.717) is 23.3 Å². The summed E-state index contributed by atoms with van der Waals surface area (Å²) in [4.78, 5) is 13.1. The smallest absolute Gasteiger partial charge is 0.232 e. The van der Waals surface area contributed by atoms with E-state index in [1.165, 1.54) is 17.2 Å². The Balaban J connectivity index is 1.43. The molecule has 2 aromatic rings. The molecular weight excluding hydrogens is 347 g/mol. The molecule has 2 aliphatic carbocycles. The maximum atomic E-state index is 14.5. The molecule has 5 rings (SSSR count). The topological polar surface area (TPSA) is 84.7 Å². The third kappa shape index (κ3) is 2.82. The van der Waals surface area contributed by atoms with Gasteiger partial charge in [0.25, 0.3) is 0 Å². The first kappa shape index (κ1) is 16.8. The summed E-state index contributed by atoms with van der Waals surface area (Å²) < 4.78 is 15.9. The Morgan fingerprint density at radius 3 is 3.04 bits per heavy atom. The van der Waals surface area contributed by atoms with Crippen molar-refractivity contribution in [2.45, 2.75) is 44.4 Å². The van der Waals surface area contributed by atoms with Crippen molar-refractivity contribution in [3.05, 3.63) is 29.8 Å². The van der Waals surface area contributed by atoms with Crippen LogP contribution in [0, 0.1) is 17.2 Å². The van der Waals surface area contributed by atoms with Crippen molar-refractivity contribution in [3.63, 3.8) is 0 Å². The van der Waals surface area contributed by atoms with Crippen molar-refractivity contribution in [1.82, 2.24) is 25.5 Å². The highest BCUT2D eigenvalue weighted by molar-refractivity contribution is 5.96. The third-order valence-corrected chi connectivity index (χ3v) is 6.36. The summed E-state index contributed by atoms with van der Waals surface area (Å²) in [5.74, 6) is 0.992. The van der Waals surface area contributed by atoms with Crippen molar-refractivity contribution in [1.29, 1.82) is 0 Å². The fraction of sp³-hybridized carbons (Fsp3) is 0.579. The summed E-state index contributed by atoms with van der Waals surface area (Å²) >= 11 is 0. The highest BCUT2D eigenvalue weighted by Crippen LogP contribution is 2.44. The molecule has 3 fully saturated rings. The van der Waals surface area contributed by atoms with Gasteiger partial charge in [-0.2, -0.15) is 4.68 Å². The fourth-order valence-electron chi connectivity index (χ4n) is 4.66. The molecule has 0 spiro atoms. The first-order chi connectivity index (χ1) is 13.2. The minimum Gasteiger partial charge on any atom is -0.325 e. The molecule has 8 heteroatoms. The van der Waals surface area contributed by atoms with E-state index < -0.39 is 5.82 Å². The van der Waals surface area contributed by atoms with Gasteiger partial charge in [-0.25, -0.2) is 4.39 Å². The van der Waals surface area contributed by atoms with Crippen molar-refractivity contribution in [2.24, 2.45) is 11.3 Å². The number of rotatable bonds is 4. The molecule has 1 aliphatic heterocycles. The van der Waals surface area contributed by atoms with Crippen LogP contribution in [0.4, 0.5) is 10.1 Å². The predicted molar refractivity (Wildman–Crippen MR) is 97.0 cm³/mol. The lowest BCUT2D eigenvalue weighted by Crippen LogP contribution is -2.44. The zero-order valence-electron chi connectivity index (χ0n) is 15.1. The number of nitrogens with one attached hydrogen (secondary N) is 2. The van der Waals surface area contributed by atoms with E-state index in [1.54, 1.807) is 12.1 Å². The second-order valence-electron chi connectivity index (χ2n) is 8.07. The number of carbonyl (C=O) groups excluding carboxylic acids is 1. The van der Waals surface area contributed by atoms with Gasteiger partial charge in [0.2, 0.25) is 5.91 Å². The van der Waals surface area contributed by atoms with Crippen LogP contribution in [0.3, 0.4) is 0 Å². The lowest BCUT2D eigenvalue weighted by atomic mass is 9.67. The van der Waals surface area contributed by atoms with Crippen LogP contribution in [0.1, 0.15) is 50.3 Å². The largest absolute Gasteiger partial charge is 0.325 e. The summed E-state index contributed by atoms with van der Waals surface area (Å²) in [6.45, 7) is 1.62. The van der Waals surface area contributed by atoms with Gasteiger partial charge in [0.05, 0.1) is 5.41 Å². The number of anilines is 1. The van der Waals surface area contributed by atoms with Gasteiger partial charge in [-0.3, -0.25) is 4.79 Å². The molecule has 142 valence electrons. The Kier molecular flexibility index (Phi) is 3.96. The second kappa shape index (κ2) is 6.37. The minimum absolute atomic E-state index is 0.0360. The number of carbonyl (C=O) groups is 1. The van der Waals surface area contributed by atoms with Gasteiger partial charge in [-0.1, -0.05) is 12.8 Å². The second-order valence-corrected chi connectivity index (χ2v) is 8.07. The van der Waals surface area contributed by atoms with Crippen LogP contribution in [0.25, 0.3) is 5.69 Å². The molecule has 1 amide bonds. The zero-order valence-corrected chi connectivity index (χ0v) is 15.1. The van der Waals surface area contributed by atoms with Gasteiger partial charge >= 0.3 is 0 Å². The number of amides is 1. The minimum atomic E-state index is -0.404.